The lowest BCUT2D eigenvalue weighted by atomic mass is 10.1. The molecule has 0 aliphatic carbocycles. The molecular formula is C12H9ClN4O2. The van der Waals surface area contributed by atoms with Gasteiger partial charge < -0.3 is 9.84 Å². The van der Waals surface area contributed by atoms with E-state index in [0.717, 1.165) is 0 Å². The summed E-state index contributed by atoms with van der Waals surface area (Å²) in [7, 11) is 0. The number of para-hydroxylation sites is 1. The number of benzene rings is 1. The van der Waals surface area contributed by atoms with Gasteiger partial charge in [-0.05, 0) is 12.1 Å². The maximum absolute atomic E-state index is 11.4. The van der Waals surface area contributed by atoms with Gasteiger partial charge in [0.1, 0.15) is 12.3 Å². The number of carbonyl (C=O) groups excluding carboxylic acids is 1. The number of nitriles is 1. The Balaban J connectivity index is 2.30. The summed E-state index contributed by atoms with van der Waals surface area (Å²) >= 11 is 5.59. The summed E-state index contributed by atoms with van der Waals surface area (Å²) in [5, 5.41) is 14.9. The van der Waals surface area contributed by atoms with Gasteiger partial charge in [0.25, 0.3) is 0 Å². The van der Waals surface area contributed by atoms with Crippen LogP contribution in [0.4, 0.5) is 5.69 Å². The number of nitrogens with one attached hydrogen (secondary N) is 1. The number of aromatic nitrogens is 2. The monoisotopic (exact) mass is 276 g/mol. The number of anilines is 1. The van der Waals surface area contributed by atoms with Gasteiger partial charge in [-0.15, -0.1) is 11.6 Å². The minimum absolute atomic E-state index is 0.121. The Bertz CT molecular complexity index is 633. The van der Waals surface area contributed by atoms with Gasteiger partial charge in [-0.1, -0.05) is 17.3 Å². The molecule has 1 heterocycles. The molecule has 19 heavy (non-hydrogen) atoms. The minimum Gasteiger partial charge on any atom is -0.338 e. The van der Waals surface area contributed by atoms with E-state index in [2.05, 4.69) is 15.5 Å². The first-order chi connectivity index (χ1) is 9.24. The van der Waals surface area contributed by atoms with Gasteiger partial charge in [0.2, 0.25) is 17.6 Å². The maximum atomic E-state index is 11.4. The first-order valence-electron chi connectivity index (χ1n) is 5.39. The molecule has 0 aliphatic heterocycles. The second-order valence-corrected chi connectivity index (χ2v) is 3.84. The van der Waals surface area contributed by atoms with Gasteiger partial charge in [-0.3, -0.25) is 4.79 Å². The van der Waals surface area contributed by atoms with Crippen molar-refractivity contribution < 1.29 is 9.32 Å². The molecule has 96 valence electrons. The minimum atomic E-state index is -0.393. The molecule has 7 heteroatoms. The van der Waals surface area contributed by atoms with E-state index in [4.69, 9.17) is 21.4 Å². The summed E-state index contributed by atoms with van der Waals surface area (Å²) in [4.78, 5) is 15.5. The molecule has 0 bridgehead atoms. The molecule has 0 spiro atoms. The van der Waals surface area contributed by atoms with Crippen molar-refractivity contribution in [2.45, 2.75) is 12.3 Å². The normalized spacial score (nSPS) is 9.89. The Labute approximate surface area is 114 Å². The molecule has 1 N–H and O–H groups in total. The number of amides is 1. The van der Waals surface area contributed by atoms with Crippen LogP contribution in [0.3, 0.4) is 0 Å². The van der Waals surface area contributed by atoms with Gasteiger partial charge >= 0.3 is 0 Å². The lowest BCUT2D eigenvalue weighted by Crippen LogP contribution is -2.11. The highest BCUT2D eigenvalue weighted by Crippen LogP contribution is 2.25. The van der Waals surface area contributed by atoms with E-state index in [9.17, 15) is 4.79 Å². The SMILES string of the molecule is N#CCC(=O)Nc1ccccc1-c1noc(CCl)n1. The summed E-state index contributed by atoms with van der Waals surface area (Å²) in [6.45, 7) is 0. The van der Waals surface area contributed by atoms with E-state index >= 15 is 0 Å². The third-order valence-corrected chi connectivity index (χ3v) is 2.49. The van der Waals surface area contributed by atoms with Crippen LogP contribution < -0.4 is 5.32 Å². The van der Waals surface area contributed by atoms with Crippen molar-refractivity contribution in [3.8, 4) is 17.5 Å². The molecule has 0 saturated heterocycles. The number of halogens is 1. The highest BCUT2D eigenvalue weighted by atomic mass is 35.5. The highest BCUT2D eigenvalue weighted by molar-refractivity contribution is 6.16. The molecule has 2 rings (SSSR count). The van der Waals surface area contributed by atoms with Gasteiger partial charge in [-0.25, -0.2) is 0 Å². The largest absolute Gasteiger partial charge is 0.338 e. The Morgan fingerprint density at radius 3 is 2.95 bits per heavy atom. The zero-order chi connectivity index (χ0) is 13.7. The molecule has 2 aromatic rings. The van der Waals surface area contributed by atoms with Crippen LogP contribution in [0.1, 0.15) is 12.3 Å². The summed E-state index contributed by atoms with van der Waals surface area (Å²) in [6.07, 6.45) is -0.215. The van der Waals surface area contributed by atoms with E-state index in [1.54, 1.807) is 30.3 Å². The average Bonchev–Trinajstić information content (AvgIpc) is 2.88. The van der Waals surface area contributed by atoms with Gasteiger partial charge in [0.05, 0.1) is 11.8 Å². The Hall–Kier alpha value is -2.39. The molecule has 0 fully saturated rings. The molecule has 0 saturated carbocycles. The van der Waals surface area contributed by atoms with E-state index in [0.29, 0.717) is 23.0 Å². The van der Waals surface area contributed by atoms with E-state index < -0.39 is 5.91 Å². The van der Waals surface area contributed by atoms with Crippen LogP contribution in [0.5, 0.6) is 0 Å². The molecule has 1 aromatic carbocycles. The molecular weight excluding hydrogens is 268 g/mol. The molecule has 1 amide bonds. The van der Waals surface area contributed by atoms with Gasteiger partial charge in [0.15, 0.2) is 0 Å². The van der Waals surface area contributed by atoms with Crippen molar-refractivity contribution in [2.75, 3.05) is 5.32 Å². The number of hydrogen-bond donors (Lipinski definition) is 1. The molecule has 0 atom stereocenters. The van der Waals surface area contributed by atoms with E-state index in [1.165, 1.54) is 0 Å². The predicted octanol–water partition coefficient (Wildman–Crippen LogP) is 2.33. The number of nitrogens with zero attached hydrogens (tertiary/aromatic N) is 3. The zero-order valence-corrected chi connectivity index (χ0v) is 10.5. The average molecular weight is 277 g/mol. The van der Waals surface area contributed by atoms with Crippen molar-refractivity contribution in [3.63, 3.8) is 0 Å². The second-order valence-electron chi connectivity index (χ2n) is 3.57. The zero-order valence-electron chi connectivity index (χ0n) is 9.76. The van der Waals surface area contributed by atoms with Gasteiger partial charge in [-0.2, -0.15) is 10.2 Å². The molecule has 0 radical (unpaired) electrons. The third kappa shape index (κ3) is 3.09. The fraction of sp³-hybridized carbons (Fsp3) is 0.167. The predicted molar refractivity (Wildman–Crippen MR) is 68.2 cm³/mol. The lowest BCUT2D eigenvalue weighted by molar-refractivity contribution is -0.115. The first-order valence-corrected chi connectivity index (χ1v) is 5.93. The van der Waals surface area contributed by atoms with E-state index in [-0.39, 0.29) is 12.3 Å². The Kier molecular flexibility index (Phi) is 4.11. The first kappa shape index (κ1) is 13.1. The summed E-state index contributed by atoms with van der Waals surface area (Å²) < 4.78 is 4.92. The quantitative estimate of drug-likeness (QED) is 0.865. The van der Waals surface area contributed by atoms with Crippen molar-refractivity contribution in [1.82, 2.24) is 10.1 Å². The number of alkyl halides is 1. The van der Waals surface area contributed by atoms with Crippen LogP contribution in [0.2, 0.25) is 0 Å². The topological polar surface area (TPSA) is 91.8 Å². The van der Waals surface area contributed by atoms with Crippen LogP contribution in [0.15, 0.2) is 28.8 Å². The van der Waals surface area contributed by atoms with Crippen LogP contribution in [-0.2, 0) is 10.7 Å². The second kappa shape index (κ2) is 5.98. The summed E-state index contributed by atoms with van der Waals surface area (Å²) in [5.74, 6) is 0.366. The van der Waals surface area contributed by atoms with Crippen LogP contribution in [0.25, 0.3) is 11.4 Å². The summed E-state index contributed by atoms with van der Waals surface area (Å²) in [5.41, 5.74) is 1.12. The van der Waals surface area contributed by atoms with Crippen LogP contribution in [-0.4, -0.2) is 16.0 Å². The Morgan fingerprint density at radius 2 is 2.26 bits per heavy atom. The lowest BCUT2D eigenvalue weighted by Gasteiger charge is -2.06. The fourth-order valence-electron chi connectivity index (χ4n) is 1.47. The molecule has 6 nitrogen and oxygen atoms in total. The van der Waals surface area contributed by atoms with Crippen molar-refractivity contribution in [2.24, 2.45) is 0 Å². The van der Waals surface area contributed by atoms with E-state index in [1.807, 2.05) is 0 Å². The van der Waals surface area contributed by atoms with Crippen molar-refractivity contribution >= 4 is 23.2 Å². The number of carbonyl (C=O) groups is 1. The summed E-state index contributed by atoms with van der Waals surface area (Å²) in [6, 6.07) is 8.76. The van der Waals surface area contributed by atoms with Crippen molar-refractivity contribution in [1.29, 1.82) is 5.26 Å². The standard InChI is InChI=1S/C12H9ClN4O2/c13-7-11-16-12(17-19-11)8-3-1-2-4-9(8)15-10(18)5-6-14/h1-4H,5,7H2,(H,15,18). The van der Waals surface area contributed by atoms with Crippen molar-refractivity contribution in [3.05, 3.63) is 30.2 Å². The fourth-order valence-corrected chi connectivity index (χ4v) is 1.58. The third-order valence-electron chi connectivity index (χ3n) is 2.26. The van der Waals surface area contributed by atoms with Crippen LogP contribution in [0, 0.1) is 11.3 Å². The molecule has 0 unspecified atom stereocenters. The smallest absolute Gasteiger partial charge is 0.241 e. The molecule has 1 aromatic heterocycles. The maximum Gasteiger partial charge on any atom is 0.241 e. The molecule has 0 aliphatic rings. The number of hydrogen-bond acceptors (Lipinski definition) is 5. The van der Waals surface area contributed by atoms with Crippen LogP contribution >= 0.6 is 11.6 Å². The van der Waals surface area contributed by atoms with Gasteiger partial charge in [0, 0.05) is 5.56 Å². The Morgan fingerprint density at radius 1 is 1.47 bits per heavy atom. The highest BCUT2D eigenvalue weighted by Gasteiger charge is 2.13. The number of rotatable bonds is 4.